The average molecular weight is 352 g/mol. The fourth-order valence-corrected chi connectivity index (χ4v) is 3.54. The van der Waals surface area contributed by atoms with Gasteiger partial charge in [0.15, 0.2) is 5.69 Å². The highest BCUT2D eigenvalue weighted by Crippen LogP contribution is 2.29. The Morgan fingerprint density at radius 2 is 1.91 bits per heavy atom. The van der Waals surface area contributed by atoms with E-state index in [2.05, 4.69) is 45.2 Å². The Bertz CT molecular complexity index is 918. The van der Waals surface area contributed by atoms with Gasteiger partial charge in [-0.3, -0.25) is 4.40 Å². The molecule has 3 aromatic rings. The molecule has 0 atom stereocenters. The minimum atomic E-state index is 0.590. The third-order valence-electron chi connectivity index (χ3n) is 4.31. The Labute approximate surface area is 137 Å². The molecule has 0 saturated heterocycles. The first-order valence-electron chi connectivity index (χ1n) is 7.46. The molecule has 0 amide bonds. The van der Waals surface area contributed by atoms with E-state index in [4.69, 9.17) is 0 Å². The summed E-state index contributed by atoms with van der Waals surface area (Å²) in [6.45, 7) is 0. The van der Waals surface area contributed by atoms with Gasteiger partial charge in [0, 0.05) is 16.2 Å². The van der Waals surface area contributed by atoms with Gasteiger partial charge in [0.25, 0.3) is 0 Å². The zero-order valence-corrected chi connectivity index (χ0v) is 13.6. The first kappa shape index (κ1) is 13.5. The van der Waals surface area contributed by atoms with E-state index in [9.17, 15) is 5.26 Å². The molecule has 4 heteroatoms. The van der Waals surface area contributed by atoms with Gasteiger partial charge in [-0.25, -0.2) is 4.98 Å². The Hall–Kier alpha value is -2.12. The Morgan fingerprint density at radius 3 is 2.73 bits per heavy atom. The van der Waals surface area contributed by atoms with Gasteiger partial charge in [-0.15, -0.1) is 0 Å². The highest BCUT2D eigenvalue weighted by molar-refractivity contribution is 9.10. The monoisotopic (exact) mass is 351 g/mol. The quantitative estimate of drug-likeness (QED) is 0.646. The molecule has 0 bridgehead atoms. The maximum Gasteiger partial charge on any atom is 0.152 e. The predicted molar refractivity (Wildman–Crippen MR) is 89.7 cm³/mol. The highest BCUT2D eigenvalue weighted by atomic mass is 79.9. The predicted octanol–water partition coefficient (Wildman–Crippen LogP) is 4.51. The lowest BCUT2D eigenvalue weighted by Crippen LogP contribution is -2.02. The minimum absolute atomic E-state index is 0.590. The fraction of sp³-hybridized carbons (Fsp3) is 0.222. The van der Waals surface area contributed by atoms with Crippen molar-refractivity contribution in [3.05, 3.63) is 57.8 Å². The van der Waals surface area contributed by atoms with Crippen molar-refractivity contribution in [1.82, 2.24) is 9.38 Å². The molecule has 0 spiro atoms. The van der Waals surface area contributed by atoms with E-state index in [-0.39, 0.29) is 0 Å². The molecule has 3 nitrogen and oxygen atoms in total. The number of imidazole rings is 1. The van der Waals surface area contributed by atoms with Crippen molar-refractivity contribution in [3.63, 3.8) is 0 Å². The normalized spacial score (nSPS) is 13.8. The van der Waals surface area contributed by atoms with Crippen molar-refractivity contribution in [2.75, 3.05) is 0 Å². The van der Waals surface area contributed by atoms with E-state index in [1.807, 2.05) is 22.7 Å². The summed E-state index contributed by atoms with van der Waals surface area (Å²) in [7, 11) is 0. The number of pyridine rings is 1. The molecular weight excluding hydrogens is 338 g/mol. The SMILES string of the molecule is N#Cc1c(-c2ccc3c(c2)CCCC3)nc2ccc(Br)cn12. The Balaban J connectivity index is 1.92. The lowest BCUT2D eigenvalue weighted by molar-refractivity contribution is 0.686. The smallest absolute Gasteiger partial charge is 0.152 e. The molecule has 0 N–H and O–H groups in total. The van der Waals surface area contributed by atoms with Crippen molar-refractivity contribution >= 4 is 21.6 Å². The van der Waals surface area contributed by atoms with Crippen LogP contribution in [0.15, 0.2) is 41.0 Å². The van der Waals surface area contributed by atoms with Gasteiger partial charge >= 0.3 is 0 Å². The van der Waals surface area contributed by atoms with Crippen LogP contribution in [0.4, 0.5) is 0 Å². The van der Waals surface area contributed by atoms with Crippen LogP contribution >= 0.6 is 15.9 Å². The van der Waals surface area contributed by atoms with Gasteiger partial charge in [-0.1, -0.05) is 12.1 Å². The van der Waals surface area contributed by atoms with Gasteiger partial charge in [0.2, 0.25) is 0 Å². The topological polar surface area (TPSA) is 41.1 Å². The number of aromatic nitrogens is 2. The van der Waals surface area contributed by atoms with Crippen molar-refractivity contribution < 1.29 is 0 Å². The highest BCUT2D eigenvalue weighted by Gasteiger charge is 2.16. The molecule has 1 aliphatic carbocycles. The number of hydrogen-bond donors (Lipinski definition) is 0. The summed E-state index contributed by atoms with van der Waals surface area (Å²) in [6, 6.07) is 12.7. The van der Waals surface area contributed by atoms with Crippen molar-refractivity contribution in [1.29, 1.82) is 5.26 Å². The summed E-state index contributed by atoms with van der Waals surface area (Å²) in [6.07, 6.45) is 6.71. The van der Waals surface area contributed by atoms with Crippen LogP contribution in [0.25, 0.3) is 16.9 Å². The molecule has 4 rings (SSSR count). The summed E-state index contributed by atoms with van der Waals surface area (Å²) in [5.74, 6) is 0. The van der Waals surface area contributed by atoms with Crippen molar-refractivity contribution in [2.45, 2.75) is 25.7 Å². The zero-order valence-electron chi connectivity index (χ0n) is 12.0. The van der Waals surface area contributed by atoms with Gasteiger partial charge in [-0.05, 0) is 70.9 Å². The molecule has 0 radical (unpaired) electrons. The van der Waals surface area contributed by atoms with E-state index in [0.29, 0.717) is 5.69 Å². The van der Waals surface area contributed by atoms with E-state index >= 15 is 0 Å². The van der Waals surface area contributed by atoms with Crippen LogP contribution in [0.2, 0.25) is 0 Å². The second kappa shape index (κ2) is 5.26. The molecule has 0 saturated carbocycles. The van der Waals surface area contributed by atoms with Crippen LogP contribution in [0.1, 0.15) is 29.7 Å². The standard InChI is InChI=1S/C18H14BrN3/c19-15-7-8-17-21-18(16(10-20)22(17)11-15)14-6-5-12-3-1-2-4-13(12)9-14/h5-9,11H,1-4H2. The molecule has 22 heavy (non-hydrogen) atoms. The number of aryl methyl sites for hydroxylation is 2. The summed E-state index contributed by atoms with van der Waals surface area (Å²) in [5, 5.41) is 9.57. The molecule has 0 fully saturated rings. The zero-order chi connectivity index (χ0) is 15.1. The van der Waals surface area contributed by atoms with Crippen LogP contribution in [0, 0.1) is 11.3 Å². The number of benzene rings is 1. The molecule has 0 unspecified atom stereocenters. The second-order valence-electron chi connectivity index (χ2n) is 5.69. The maximum absolute atomic E-state index is 9.57. The summed E-state index contributed by atoms with van der Waals surface area (Å²) in [4.78, 5) is 4.66. The fourth-order valence-electron chi connectivity index (χ4n) is 3.21. The van der Waals surface area contributed by atoms with E-state index in [1.165, 1.54) is 30.4 Å². The first-order valence-corrected chi connectivity index (χ1v) is 8.25. The van der Waals surface area contributed by atoms with Crippen molar-refractivity contribution in [2.24, 2.45) is 0 Å². The largest absolute Gasteiger partial charge is 0.290 e. The van der Waals surface area contributed by atoms with Crippen LogP contribution in [0.5, 0.6) is 0 Å². The van der Waals surface area contributed by atoms with E-state index < -0.39 is 0 Å². The molecule has 2 heterocycles. The molecular formula is C18H14BrN3. The van der Waals surface area contributed by atoms with Crippen LogP contribution < -0.4 is 0 Å². The first-order chi connectivity index (χ1) is 10.8. The Morgan fingerprint density at radius 1 is 1.09 bits per heavy atom. The van der Waals surface area contributed by atoms with Crippen LogP contribution in [-0.4, -0.2) is 9.38 Å². The maximum atomic E-state index is 9.57. The third kappa shape index (κ3) is 2.13. The summed E-state index contributed by atoms with van der Waals surface area (Å²) in [5.41, 5.74) is 6.05. The summed E-state index contributed by atoms with van der Waals surface area (Å²) < 4.78 is 2.78. The number of halogens is 1. The van der Waals surface area contributed by atoms with Gasteiger partial charge < -0.3 is 0 Å². The van der Waals surface area contributed by atoms with E-state index in [1.54, 1.807) is 0 Å². The molecule has 1 aliphatic rings. The molecule has 2 aromatic heterocycles. The lowest BCUT2D eigenvalue weighted by Gasteiger charge is -2.16. The average Bonchev–Trinajstić information content (AvgIpc) is 2.92. The number of nitrogens with zero attached hydrogens (tertiary/aromatic N) is 3. The van der Waals surface area contributed by atoms with Gasteiger partial charge in [-0.2, -0.15) is 5.26 Å². The Kier molecular flexibility index (Phi) is 3.24. The van der Waals surface area contributed by atoms with Crippen molar-refractivity contribution in [3.8, 4) is 17.3 Å². The number of nitriles is 1. The van der Waals surface area contributed by atoms with Crippen LogP contribution in [-0.2, 0) is 12.8 Å². The van der Waals surface area contributed by atoms with Gasteiger partial charge in [0.1, 0.15) is 17.4 Å². The summed E-state index contributed by atoms with van der Waals surface area (Å²) >= 11 is 3.45. The molecule has 1 aromatic carbocycles. The number of hydrogen-bond acceptors (Lipinski definition) is 2. The molecule has 108 valence electrons. The van der Waals surface area contributed by atoms with Crippen LogP contribution in [0.3, 0.4) is 0 Å². The third-order valence-corrected chi connectivity index (χ3v) is 4.78. The minimum Gasteiger partial charge on any atom is -0.290 e. The number of fused-ring (bicyclic) bond motifs is 2. The number of rotatable bonds is 1. The second-order valence-corrected chi connectivity index (χ2v) is 6.60. The lowest BCUT2D eigenvalue weighted by atomic mass is 9.90. The van der Waals surface area contributed by atoms with E-state index in [0.717, 1.165) is 27.8 Å². The molecule has 0 aliphatic heterocycles. The van der Waals surface area contributed by atoms with Gasteiger partial charge in [0.05, 0.1) is 0 Å².